The molecule has 0 radical (unpaired) electrons. The lowest BCUT2D eigenvalue weighted by atomic mass is 10.4. The van der Waals surface area contributed by atoms with Crippen molar-refractivity contribution in [2.75, 3.05) is 0 Å². The number of nitrogens with zero attached hydrogens (tertiary/aromatic N) is 1. The largest absolute Gasteiger partial charge is 0.330 e. The standard InChI is InChI=1S/C10H7Cl4NO5S/c1-5(16)20-15(10(17)9(13)14)21(18,19)8-6(11)3-2-4-7(8)12/h2-4,9H,1H3. The molecule has 0 spiro atoms. The molecule has 0 atom stereocenters. The first-order chi connectivity index (χ1) is 9.59. The molecule has 0 heterocycles. The molecule has 0 aliphatic carbocycles. The Morgan fingerprint density at radius 3 is 2.05 bits per heavy atom. The molecule has 116 valence electrons. The van der Waals surface area contributed by atoms with Crippen LogP contribution in [-0.4, -0.2) is 29.6 Å². The van der Waals surface area contributed by atoms with Gasteiger partial charge in [-0.15, -0.1) is 0 Å². The number of amides is 1. The quantitative estimate of drug-likeness (QED) is 0.581. The minimum absolute atomic E-state index is 0.243. The van der Waals surface area contributed by atoms with Crippen molar-refractivity contribution in [3.8, 4) is 0 Å². The van der Waals surface area contributed by atoms with Crippen LogP contribution in [0.25, 0.3) is 0 Å². The number of hydroxylamine groups is 1. The van der Waals surface area contributed by atoms with Crippen molar-refractivity contribution in [2.24, 2.45) is 0 Å². The topological polar surface area (TPSA) is 80.8 Å². The van der Waals surface area contributed by atoms with Gasteiger partial charge in [-0.1, -0.05) is 56.9 Å². The Balaban J connectivity index is 3.48. The van der Waals surface area contributed by atoms with E-state index in [2.05, 4.69) is 4.84 Å². The zero-order valence-corrected chi connectivity index (χ0v) is 14.1. The van der Waals surface area contributed by atoms with Crippen molar-refractivity contribution in [3.05, 3.63) is 28.2 Å². The van der Waals surface area contributed by atoms with Crippen molar-refractivity contribution in [2.45, 2.75) is 16.7 Å². The summed E-state index contributed by atoms with van der Waals surface area (Å²) in [7, 11) is -4.69. The summed E-state index contributed by atoms with van der Waals surface area (Å²) in [6.07, 6.45) is 0. The van der Waals surface area contributed by atoms with Gasteiger partial charge in [-0.3, -0.25) is 4.79 Å². The molecule has 1 amide bonds. The highest BCUT2D eigenvalue weighted by Crippen LogP contribution is 2.32. The first-order valence-corrected chi connectivity index (χ1v) is 8.15. The fourth-order valence-corrected chi connectivity index (χ4v) is 3.84. The second kappa shape index (κ2) is 7.02. The molecule has 0 aromatic heterocycles. The molecule has 0 saturated heterocycles. The van der Waals surface area contributed by atoms with E-state index in [1.165, 1.54) is 18.2 Å². The molecular formula is C10H7Cl4NO5S. The van der Waals surface area contributed by atoms with Crippen molar-refractivity contribution >= 4 is 68.3 Å². The molecule has 0 N–H and O–H groups in total. The number of alkyl halides is 2. The van der Waals surface area contributed by atoms with E-state index in [-0.39, 0.29) is 14.5 Å². The van der Waals surface area contributed by atoms with Gasteiger partial charge in [0.05, 0.1) is 10.0 Å². The lowest BCUT2D eigenvalue weighted by molar-refractivity contribution is -0.175. The van der Waals surface area contributed by atoms with Gasteiger partial charge in [-0.05, 0) is 12.1 Å². The molecule has 1 aromatic carbocycles. The van der Waals surface area contributed by atoms with Crippen molar-refractivity contribution < 1.29 is 22.8 Å². The zero-order chi connectivity index (χ0) is 16.4. The van der Waals surface area contributed by atoms with Crippen LogP contribution in [-0.2, 0) is 24.4 Å². The maximum absolute atomic E-state index is 12.4. The van der Waals surface area contributed by atoms with Gasteiger partial charge in [0.25, 0.3) is 0 Å². The molecular weight excluding hydrogens is 388 g/mol. The third-order valence-electron chi connectivity index (χ3n) is 1.97. The molecule has 1 rings (SSSR count). The summed E-state index contributed by atoms with van der Waals surface area (Å²) in [5.41, 5.74) is 0. The summed E-state index contributed by atoms with van der Waals surface area (Å²) in [6, 6.07) is 3.86. The third kappa shape index (κ3) is 4.14. The van der Waals surface area contributed by atoms with E-state index in [1.807, 2.05) is 0 Å². The van der Waals surface area contributed by atoms with Crippen LogP contribution in [0.4, 0.5) is 0 Å². The first kappa shape index (κ1) is 18.3. The van der Waals surface area contributed by atoms with E-state index in [0.29, 0.717) is 0 Å². The Hall–Kier alpha value is -0.730. The molecule has 0 aliphatic heterocycles. The maximum Gasteiger partial charge on any atom is 0.330 e. The Morgan fingerprint density at radius 1 is 1.19 bits per heavy atom. The second-order valence-electron chi connectivity index (χ2n) is 3.50. The molecule has 1 aromatic rings. The molecule has 6 nitrogen and oxygen atoms in total. The molecule has 0 aliphatic rings. The summed E-state index contributed by atoms with van der Waals surface area (Å²) < 4.78 is 24.6. The number of carbonyl (C=O) groups excluding carboxylic acids is 2. The fraction of sp³-hybridized carbons (Fsp3) is 0.200. The summed E-state index contributed by atoms with van der Waals surface area (Å²) in [5.74, 6) is -2.46. The van der Waals surface area contributed by atoms with Crippen molar-refractivity contribution in [3.63, 3.8) is 0 Å². The number of carbonyl (C=O) groups is 2. The lowest BCUT2D eigenvalue weighted by Crippen LogP contribution is -2.41. The molecule has 0 unspecified atom stereocenters. The van der Waals surface area contributed by atoms with Crippen LogP contribution in [0.1, 0.15) is 6.92 Å². The van der Waals surface area contributed by atoms with Crippen molar-refractivity contribution in [1.82, 2.24) is 4.47 Å². The number of halogens is 4. The monoisotopic (exact) mass is 393 g/mol. The van der Waals surface area contributed by atoms with Gasteiger partial charge in [0, 0.05) is 6.92 Å². The first-order valence-electron chi connectivity index (χ1n) is 5.09. The van der Waals surface area contributed by atoms with E-state index >= 15 is 0 Å². The molecule has 11 heteroatoms. The summed E-state index contributed by atoms with van der Waals surface area (Å²) in [6.45, 7) is 0.890. The van der Waals surface area contributed by atoms with Crippen LogP contribution >= 0.6 is 46.4 Å². The van der Waals surface area contributed by atoms with Gasteiger partial charge in [-0.25, -0.2) is 4.79 Å². The number of benzene rings is 1. The Kier molecular flexibility index (Phi) is 6.12. The minimum atomic E-state index is -4.69. The van der Waals surface area contributed by atoms with E-state index in [4.69, 9.17) is 46.4 Å². The molecule has 0 bridgehead atoms. The van der Waals surface area contributed by atoms with E-state index in [0.717, 1.165) is 6.92 Å². The Morgan fingerprint density at radius 2 is 1.67 bits per heavy atom. The third-order valence-corrected chi connectivity index (χ3v) is 4.85. The number of hydrogen-bond donors (Lipinski definition) is 0. The number of sulfonamides is 1. The summed E-state index contributed by atoms with van der Waals surface area (Å²) in [5, 5.41) is -0.540. The van der Waals surface area contributed by atoms with Crippen LogP contribution in [0, 0.1) is 0 Å². The average molecular weight is 395 g/mol. The van der Waals surface area contributed by atoms with Crippen LogP contribution in [0.15, 0.2) is 23.1 Å². The fourth-order valence-electron chi connectivity index (χ4n) is 1.22. The molecule has 0 saturated carbocycles. The van der Waals surface area contributed by atoms with Gasteiger partial charge in [0.2, 0.25) is 0 Å². The van der Waals surface area contributed by atoms with E-state index in [9.17, 15) is 18.0 Å². The highest BCUT2D eigenvalue weighted by Gasteiger charge is 2.38. The van der Waals surface area contributed by atoms with Crippen LogP contribution < -0.4 is 0 Å². The normalized spacial score (nSPS) is 11.3. The predicted octanol–water partition coefficient (Wildman–Crippen LogP) is 2.79. The van der Waals surface area contributed by atoms with Gasteiger partial charge >= 0.3 is 21.9 Å². The SMILES string of the molecule is CC(=O)ON(C(=O)C(Cl)Cl)S(=O)(=O)c1c(Cl)cccc1Cl. The lowest BCUT2D eigenvalue weighted by Gasteiger charge is -2.21. The Labute approximate surface area is 140 Å². The zero-order valence-electron chi connectivity index (χ0n) is 10.2. The highest BCUT2D eigenvalue weighted by molar-refractivity contribution is 7.89. The van der Waals surface area contributed by atoms with Gasteiger partial charge in [0.15, 0.2) is 4.84 Å². The second-order valence-corrected chi connectivity index (χ2v) is 7.11. The van der Waals surface area contributed by atoms with Crippen molar-refractivity contribution in [1.29, 1.82) is 0 Å². The molecule has 21 heavy (non-hydrogen) atoms. The summed E-state index contributed by atoms with van der Waals surface area (Å²) >= 11 is 22.2. The van der Waals surface area contributed by atoms with E-state index in [1.54, 1.807) is 0 Å². The molecule has 0 fully saturated rings. The van der Waals surface area contributed by atoms with Gasteiger partial charge in [-0.2, -0.15) is 8.42 Å². The van der Waals surface area contributed by atoms with Gasteiger partial charge in [0.1, 0.15) is 4.90 Å². The van der Waals surface area contributed by atoms with Crippen LogP contribution in [0.2, 0.25) is 10.0 Å². The van der Waals surface area contributed by atoms with Gasteiger partial charge < -0.3 is 4.84 Å². The number of hydrogen-bond acceptors (Lipinski definition) is 5. The highest BCUT2D eigenvalue weighted by atomic mass is 35.5. The summed E-state index contributed by atoms with van der Waals surface area (Å²) in [4.78, 5) is 24.7. The smallest absolute Gasteiger partial charge is 0.323 e. The Bertz CT molecular complexity index is 656. The van der Waals surface area contributed by atoms with E-state index < -0.39 is 31.6 Å². The minimum Gasteiger partial charge on any atom is -0.323 e. The number of rotatable bonds is 3. The van der Waals surface area contributed by atoms with Crippen LogP contribution in [0.3, 0.4) is 0 Å². The predicted molar refractivity (Wildman–Crippen MR) is 77.8 cm³/mol. The maximum atomic E-state index is 12.4. The average Bonchev–Trinajstić information content (AvgIpc) is 2.34. The van der Waals surface area contributed by atoms with Crippen LogP contribution in [0.5, 0.6) is 0 Å².